The van der Waals surface area contributed by atoms with E-state index in [2.05, 4.69) is 0 Å². The summed E-state index contributed by atoms with van der Waals surface area (Å²) in [6.45, 7) is 0. The summed E-state index contributed by atoms with van der Waals surface area (Å²) in [7, 11) is 5.07. The molecule has 0 aromatic heterocycles. The highest BCUT2D eigenvalue weighted by Gasteiger charge is 2.44. The Morgan fingerprint density at radius 1 is 0.862 bits per heavy atom. The number of aliphatic hydroxyl groups excluding tert-OH is 1. The number of carbonyl (C=O) groups is 1. The van der Waals surface area contributed by atoms with Crippen LogP contribution in [0.5, 0.6) is 46.0 Å². The molecule has 1 heterocycles. The van der Waals surface area contributed by atoms with Crippen molar-refractivity contribution in [1.82, 2.24) is 0 Å². The molecular weight excluding hydrogens is 388 g/mol. The third-order valence-electron chi connectivity index (χ3n) is 4.61. The van der Waals surface area contributed by atoms with Gasteiger partial charge in [0.1, 0.15) is 11.3 Å². The van der Waals surface area contributed by atoms with E-state index >= 15 is 0 Å². The van der Waals surface area contributed by atoms with E-state index in [9.17, 15) is 25.2 Å². The highest BCUT2D eigenvalue weighted by atomic mass is 16.5. The van der Waals surface area contributed by atoms with Gasteiger partial charge in [-0.25, -0.2) is 0 Å². The quantitative estimate of drug-likeness (QED) is 0.575. The first-order valence-electron chi connectivity index (χ1n) is 8.34. The van der Waals surface area contributed by atoms with E-state index < -0.39 is 40.8 Å². The van der Waals surface area contributed by atoms with Crippen molar-refractivity contribution in [2.75, 3.05) is 28.4 Å². The first kappa shape index (κ1) is 20.2. The van der Waals surface area contributed by atoms with Gasteiger partial charge in [0.25, 0.3) is 0 Å². The fourth-order valence-corrected chi connectivity index (χ4v) is 3.22. The maximum absolute atomic E-state index is 12.9. The Labute approximate surface area is 165 Å². The zero-order valence-electron chi connectivity index (χ0n) is 16.0. The Bertz CT molecular complexity index is 968. The zero-order chi connectivity index (χ0) is 21.5. The molecule has 0 saturated heterocycles. The second kappa shape index (κ2) is 7.47. The highest BCUT2D eigenvalue weighted by Crippen LogP contribution is 2.56. The van der Waals surface area contributed by atoms with Crippen molar-refractivity contribution < 1.29 is 48.9 Å². The third kappa shape index (κ3) is 2.97. The maximum atomic E-state index is 12.9. The molecule has 2 aromatic rings. The number of carbonyl (C=O) groups excluding carboxylic acids is 1. The molecule has 1 aliphatic heterocycles. The number of rotatable bonds is 5. The number of Topliss-reactive ketones (excluding diaryl/α,β-unsaturated/α-hetero) is 1. The Morgan fingerprint density at radius 2 is 1.48 bits per heavy atom. The van der Waals surface area contributed by atoms with E-state index in [0.29, 0.717) is 0 Å². The van der Waals surface area contributed by atoms with Gasteiger partial charge >= 0.3 is 0 Å². The number of aromatic hydroxyl groups is 3. The van der Waals surface area contributed by atoms with Crippen LogP contribution >= 0.6 is 0 Å². The SMILES string of the molecule is COc1cc(C2Oc3c(OC)c(O)c(OC)c(O)c3C(=O)C2O)c(OC)cc1O. The van der Waals surface area contributed by atoms with Crippen LogP contribution in [0.25, 0.3) is 0 Å². The average molecular weight is 408 g/mol. The topological polar surface area (TPSA) is 144 Å². The third-order valence-corrected chi connectivity index (χ3v) is 4.61. The van der Waals surface area contributed by atoms with Crippen molar-refractivity contribution in [3.05, 3.63) is 23.3 Å². The van der Waals surface area contributed by atoms with Gasteiger partial charge in [-0.15, -0.1) is 0 Å². The lowest BCUT2D eigenvalue weighted by Crippen LogP contribution is -2.36. The lowest BCUT2D eigenvalue weighted by molar-refractivity contribution is 0.0187. The van der Waals surface area contributed by atoms with E-state index in [-0.39, 0.29) is 34.3 Å². The van der Waals surface area contributed by atoms with Crippen LogP contribution in [0, 0.1) is 0 Å². The molecule has 0 amide bonds. The second-order valence-corrected chi connectivity index (χ2v) is 6.08. The predicted molar refractivity (Wildman–Crippen MR) is 97.8 cm³/mol. The number of hydrogen-bond acceptors (Lipinski definition) is 10. The van der Waals surface area contributed by atoms with Gasteiger partial charge < -0.3 is 44.1 Å². The molecule has 0 radical (unpaired) electrons. The molecule has 0 saturated carbocycles. The molecule has 0 fully saturated rings. The Morgan fingerprint density at radius 3 is 2.03 bits per heavy atom. The maximum Gasteiger partial charge on any atom is 0.208 e. The smallest absolute Gasteiger partial charge is 0.208 e. The number of aliphatic hydroxyl groups is 1. The van der Waals surface area contributed by atoms with Crippen LogP contribution in [-0.4, -0.2) is 60.8 Å². The molecule has 2 atom stereocenters. The minimum Gasteiger partial charge on any atom is -0.504 e. The van der Waals surface area contributed by atoms with Crippen molar-refractivity contribution in [2.24, 2.45) is 0 Å². The number of ether oxygens (including phenoxy) is 5. The first-order valence-corrected chi connectivity index (χ1v) is 8.34. The lowest BCUT2D eigenvalue weighted by atomic mass is 9.91. The van der Waals surface area contributed by atoms with Gasteiger partial charge in [0.05, 0.1) is 28.4 Å². The molecule has 4 N–H and O–H groups in total. The van der Waals surface area contributed by atoms with Crippen LogP contribution < -0.4 is 23.7 Å². The van der Waals surface area contributed by atoms with Gasteiger partial charge in [-0.3, -0.25) is 4.79 Å². The van der Waals surface area contributed by atoms with Crippen LogP contribution in [0.1, 0.15) is 22.0 Å². The van der Waals surface area contributed by atoms with Crippen LogP contribution in [0.4, 0.5) is 0 Å². The minimum atomic E-state index is -1.75. The summed E-state index contributed by atoms with van der Waals surface area (Å²) in [6.07, 6.45) is -3.07. The normalized spacial score (nSPS) is 17.9. The van der Waals surface area contributed by atoms with Crippen LogP contribution in [0.2, 0.25) is 0 Å². The van der Waals surface area contributed by atoms with Crippen LogP contribution in [-0.2, 0) is 0 Å². The lowest BCUT2D eigenvalue weighted by Gasteiger charge is -2.32. The molecule has 0 bridgehead atoms. The fourth-order valence-electron chi connectivity index (χ4n) is 3.22. The summed E-state index contributed by atoms with van der Waals surface area (Å²) in [5, 5.41) is 41.3. The van der Waals surface area contributed by atoms with Gasteiger partial charge in [0, 0.05) is 11.6 Å². The minimum absolute atomic E-state index is 0.0576. The van der Waals surface area contributed by atoms with Gasteiger partial charge in [0.2, 0.25) is 23.0 Å². The van der Waals surface area contributed by atoms with Crippen molar-refractivity contribution in [2.45, 2.75) is 12.2 Å². The molecule has 2 aromatic carbocycles. The van der Waals surface area contributed by atoms with Crippen molar-refractivity contribution in [1.29, 1.82) is 0 Å². The molecule has 3 rings (SSSR count). The van der Waals surface area contributed by atoms with Crippen molar-refractivity contribution >= 4 is 5.78 Å². The summed E-state index contributed by atoms with van der Waals surface area (Å²) < 4.78 is 26.1. The largest absolute Gasteiger partial charge is 0.504 e. The number of methoxy groups -OCH3 is 4. The Kier molecular flexibility index (Phi) is 5.21. The monoisotopic (exact) mass is 408 g/mol. The number of benzene rings is 2. The van der Waals surface area contributed by atoms with Crippen molar-refractivity contribution in [3.8, 4) is 46.0 Å². The zero-order valence-corrected chi connectivity index (χ0v) is 16.0. The molecule has 1 aliphatic rings. The molecular formula is C19H20O10. The summed E-state index contributed by atoms with van der Waals surface area (Å²) in [4.78, 5) is 12.9. The van der Waals surface area contributed by atoms with Crippen LogP contribution in [0.3, 0.4) is 0 Å². The first-order chi connectivity index (χ1) is 13.8. The molecule has 156 valence electrons. The van der Waals surface area contributed by atoms with Gasteiger partial charge in [-0.05, 0) is 6.07 Å². The molecule has 0 spiro atoms. The van der Waals surface area contributed by atoms with Gasteiger partial charge in [-0.1, -0.05) is 0 Å². The fraction of sp³-hybridized carbons (Fsp3) is 0.316. The Balaban J connectivity index is 2.24. The number of ketones is 1. The molecule has 2 unspecified atom stereocenters. The molecule has 10 nitrogen and oxygen atoms in total. The number of phenolic OH excluding ortho intramolecular Hbond substituents is 3. The second-order valence-electron chi connectivity index (χ2n) is 6.08. The van der Waals surface area contributed by atoms with Crippen molar-refractivity contribution in [3.63, 3.8) is 0 Å². The van der Waals surface area contributed by atoms with E-state index in [0.717, 1.165) is 0 Å². The van der Waals surface area contributed by atoms with Gasteiger partial charge in [-0.2, -0.15) is 0 Å². The number of fused-ring (bicyclic) bond motifs is 1. The highest BCUT2D eigenvalue weighted by molar-refractivity contribution is 6.07. The summed E-state index contributed by atoms with van der Waals surface area (Å²) in [5.74, 6) is -3.15. The standard InChI is InChI=1S/C19H20O10/c1-25-9-6-8(20)10(26-2)5-7(9)16-14(23)12(21)11-13(22)18(27-3)15(24)19(28-4)17(11)29-16/h5-6,14,16,20,22-24H,1-4H3. The number of phenols is 3. The van der Waals surface area contributed by atoms with Gasteiger partial charge in [0.15, 0.2) is 35.2 Å². The van der Waals surface area contributed by atoms with E-state index in [4.69, 9.17) is 23.7 Å². The predicted octanol–water partition coefficient (Wildman–Crippen LogP) is 1.52. The molecule has 10 heteroatoms. The average Bonchev–Trinajstić information content (AvgIpc) is 2.70. The summed E-state index contributed by atoms with van der Waals surface area (Å²) >= 11 is 0. The summed E-state index contributed by atoms with van der Waals surface area (Å²) in [5.41, 5.74) is -0.213. The van der Waals surface area contributed by atoms with E-state index in [1.165, 1.54) is 40.6 Å². The van der Waals surface area contributed by atoms with E-state index in [1.54, 1.807) is 0 Å². The van der Waals surface area contributed by atoms with Crippen LogP contribution in [0.15, 0.2) is 12.1 Å². The molecule has 29 heavy (non-hydrogen) atoms. The summed E-state index contributed by atoms with van der Waals surface area (Å²) in [6, 6.07) is 2.58. The molecule has 0 aliphatic carbocycles. The number of hydrogen-bond donors (Lipinski definition) is 4. The Hall–Kier alpha value is -3.53. The van der Waals surface area contributed by atoms with E-state index in [1.807, 2.05) is 0 Å².